The van der Waals surface area contributed by atoms with Crippen molar-refractivity contribution in [1.82, 2.24) is 4.57 Å². The Labute approximate surface area is 140 Å². The second-order valence-electron chi connectivity index (χ2n) is 5.69. The van der Waals surface area contributed by atoms with Crippen LogP contribution in [-0.2, 0) is 17.7 Å². The summed E-state index contributed by atoms with van der Waals surface area (Å²) in [5, 5.41) is 0.982. The van der Waals surface area contributed by atoms with E-state index in [1.165, 1.54) is 12.7 Å². The normalized spacial score (nSPS) is 10.8. The number of hydrogen-bond donors (Lipinski definition) is 0. The molecule has 0 N–H and O–H groups in total. The fraction of sp³-hybridized carbons (Fsp3) is 0.200. The Hall–Kier alpha value is -2.88. The minimum atomic E-state index is -0.343. The summed E-state index contributed by atoms with van der Waals surface area (Å²) in [6.07, 6.45) is 3.70. The van der Waals surface area contributed by atoms with Gasteiger partial charge in [-0.2, -0.15) is 0 Å². The lowest BCUT2D eigenvalue weighted by Crippen LogP contribution is -2.03. The number of ether oxygens (including phenoxy) is 1. The number of carbonyl (C=O) groups is 2. The number of aromatic nitrogens is 1. The monoisotopic (exact) mass is 321 g/mol. The molecule has 3 aromatic rings. The molecule has 4 heteroatoms. The first-order valence-electron chi connectivity index (χ1n) is 7.91. The molecule has 3 rings (SSSR count). The minimum Gasteiger partial charge on any atom is -0.465 e. The molecule has 4 nitrogen and oxygen atoms in total. The molecule has 2 aromatic carbocycles. The predicted octanol–water partition coefficient (Wildman–Crippen LogP) is 3.85. The molecule has 0 saturated heterocycles. The minimum absolute atomic E-state index is 0.343. The summed E-state index contributed by atoms with van der Waals surface area (Å²) in [7, 11) is 1.37. The van der Waals surface area contributed by atoms with E-state index in [2.05, 4.69) is 17.6 Å². The Morgan fingerprint density at radius 1 is 1.17 bits per heavy atom. The second-order valence-corrected chi connectivity index (χ2v) is 5.69. The van der Waals surface area contributed by atoms with Crippen LogP contribution in [0.1, 0.15) is 38.8 Å². The van der Waals surface area contributed by atoms with Gasteiger partial charge < -0.3 is 9.30 Å². The molecule has 24 heavy (non-hydrogen) atoms. The molecule has 0 aliphatic rings. The van der Waals surface area contributed by atoms with Crippen LogP contribution in [0.4, 0.5) is 0 Å². The van der Waals surface area contributed by atoms with Crippen LogP contribution in [0.2, 0.25) is 0 Å². The first-order valence-corrected chi connectivity index (χ1v) is 7.91. The molecule has 0 unspecified atom stereocenters. The Balaban J connectivity index is 2.01. The van der Waals surface area contributed by atoms with E-state index in [9.17, 15) is 9.59 Å². The van der Waals surface area contributed by atoms with Crippen LogP contribution in [0.5, 0.6) is 0 Å². The molecule has 1 heterocycles. The van der Waals surface area contributed by atoms with Crippen LogP contribution in [0.15, 0.2) is 48.7 Å². The standard InChI is InChI=1S/C20H19NO3/c1-3-15-5-4-6-18-17(13-22)12-21(19(15)18)11-14-7-9-16(10-8-14)20(23)24-2/h4-10,12-13H,3,11H2,1-2H3. The zero-order valence-electron chi connectivity index (χ0n) is 13.8. The molecule has 0 aliphatic heterocycles. The lowest BCUT2D eigenvalue weighted by atomic mass is 10.1. The summed E-state index contributed by atoms with van der Waals surface area (Å²) in [5.41, 5.74) is 4.60. The van der Waals surface area contributed by atoms with E-state index in [1.807, 2.05) is 30.5 Å². The van der Waals surface area contributed by atoms with Crippen molar-refractivity contribution in [3.8, 4) is 0 Å². The number of esters is 1. The summed E-state index contributed by atoms with van der Waals surface area (Å²) in [5.74, 6) is -0.343. The maximum Gasteiger partial charge on any atom is 0.337 e. The Morgan fingerprint density at radius 2 is 1.92 bits per heavy atom. The molecule has 122 valence electrons. The maximum absolute atomic E-state index is 11.5. The average Bonchev–Trinajstić information content (AvgIpc) is 2.99. The van der Waals surface area contributed by atoms with Crippen LogP contribution >= 0.6 is 0 Å². The zero-order valence-corrected chi connectivity index (χ0v) is 13.8. The van der Waals surface area contributed by atoms with Gasteiger partial charge in [-0.3, -0.25) is 4.79 Å². The number of benzene rings is 2. The van der Waals surface area contributed by atoms with Gasteiger partial charge in [0.15, 0.2) is 6.29 Å². The summed E-state index contributed by atoms with van der Waals surface area (Å²) in [6.45, 7) is 2.75. The van der Waals surface area contributed by atoms with Crippen molar-refractivity contribution in [2.45, 2.75) is 19.9 Å². The lowest BCUT2D eigenvalue weighted by molar-refractivity contribution is 0.0600. The van der Waals surface area contributed by atoms with Gasteiger partial charge in [-0.15, -0.1) is 0 Å². The molecule has 0 fully saturated rings. The van der Waals surface area contributed by atoms with Gasteiger partial charge in [-0.25, -0.2) is 4.79 Å². The lowest BCUT2D eigenvalue weighted by Gasteiger charge is -2.09. The molecule has 0 saturated carbocycles. The molecule has 1 aromatic heterocycles. The van der Waals surface area contributed by atoms with Crippen molar-refractivity contribution < 1.29 is 14.3 Å². The summed E-state index contributed by atoms with van der Waals surface area (Å²) in [4.78, 5) is 22.9. The third kappa shape index (κ3) is 2.83. The third-order valence-corrected chi connectivity index (χ3v) is 4.25. The van der Waals surface area contributed by atoms with Gasteiger partial charge >= 0.3 is 5.97 Å². The highest BCUT2D eigenvalue weighted by molar-refractivity contribution is 5.99. The van der Waals surface area contributed by atoms with Crippen LogP contribution in [0, 0.1) is 0 Å². The van der Waals surface area contributed by atoms with E-state index < -0.39 is 0 Å². The molecule has 0 radical (unpaired) electrons. The highest BCUT2D eigenvalue weighted by Gasteiger charge is 2.12. The molecule has 0 atom stereocenters. The summed E-state index contributed by atoms with van der Waals surface area (Å²) >= 11 is 0. The average molecular weight is 321 g/mol. The Kier molecular flexibility index (Phi) is 4.47. The van der Waals surface area contributed by atoms with Crippen molar-refractivity contribution in [3.63, 3.8) is 0 Å². The quantitative estimate of drug-likeness (QED) is 0.530. The van der Waals surface area contributed by atoms with E-state index >= 15 is 0 Å². The molecular weight excluding hydrogens is 302 g/mol. The number of rotatable bonds is 5. The molecule has 0 bridgehead atoms. The first-order chi connectivity index (χ1) is 11.7. The predicted molar refractivity (Wildman–Crippen MR) is 93.6 cm³/mol. The second kappa shape index (κ2) is 6.71. The Bertz CT molecular complexity index is 891. The van der Waals surface area contributed by atoms with E-state index in [0.29, 0.717) is 17.7 Å². The number of aldehydes is 1. The van der Waals surface area contributed by atoms with Gasteiger partial charge in [-0.05, 0) is 29.7 Å². The maximum atomic E-state index is 11.5. The number of aryl methyl sites for hydroxylation is 1. The van der Waals surface area contributed by atoms with Crippen molar-refractivity contribution >= 4 is 23.2 Å². The molecule has 0 aliphatic carbocycles. The van der Waals surface area contributed by atoms with Crippen molar-refractivity contribution in [2.24, 2.45) is 0 Å². The number of methoxy groups -OCH3 is 1. The molecular formula is C20H19NO3. The van der Waals surface area contributed by atoms with Gasteiger partial charge in [0.25, 0.3) is 0 Å². The van der Waals surface area contributed by atoms with Gasteiger partial charge in [0.2, 0.25) is 0 Å². The van der Waals surface area contributed by atoms with E-state index in [0.717, 1.165) is 29.2 Å². The number of hydrogen-bond acceptors (Lipinski definition) is 3. The largest absolute Gasteiger partial charge is 0.465 e. The van der Waals surface area contributed by atoms with E-state index in [4.69, 9.17) is 4.74 Å². The van der Waals surface area contributed by atoms with Crippen LogP contribution < -0.4 is 0 Å². The van der Waals surface area contributed by atoms with Crippen LogP contribution in [0.25, 0.3) is 10.9 Å². The van der Waals surface area contributed by atoms with Gasteiger partial charge in [-0.1, -0.05) is 37.3 Å². The smallest absolute Gasteiger partial charge is 0.337 e. The number of carbonyl (C=O) groups excluding carboxylic acids is 2. The van der Waals surface area contributed by atoms with Crippen molar-refractivity contribution in [3.05, 3.63) is 70.9 Å². The SMILES string of the molecule is CCc1cccc2c(C=O)cn(Cc3ccc(C(=O)OC)cc3)c12. The van der Waals surface area contributed by atoms with Crippen molar-refractivity contribution in [1.29, 1.82) is 0 Å². The van der Waals surface area contributed by atoms with Gasteiger partial charge in [0, 0.05) is 23.7 Å². The number of para-hydroxylation sites is 1. The van der Waals surface area contributed by atoms with Crippen LogP contribution in [-0.4, -0.2) is 23.9 Å². The van der Waals surface area contributed by atoms with E-state index in [-0.39, 0.29) is 5.97 Å². The molecule has 0 amide bonds. The molecule has 0 spiro atoms. The van der Waals surface area contributed by atoms with E-state index in [1.54, 1.807) is 12.1 Å². The topological polar surface area (TPSA) is 48.3 Å². The number of fused-ring (bicyclic) bond motifs is 1. The van der Waals surface area contributed by atoms with Crippen molar-refractivity contribution in [2.75, 3.05) is 7.11 Å². The third-order valence-electron chi connectivity index (χ3n) is 4.25. The summed E-state index contributed by atoms with van der Waals surface area (Å²) in [6, 6.07) is 13.4. The Morgan fingerprint density at radius 3 is 2.54 bits per heavy atom. The highest BCUT2D eigenvalue weighted by atomic mass is 16.5. The fourth-order valence-corrected chi connectivity index (χ4v) is 3.03. The zero-order chi connectivity index (χ0) is 17.1. The highest BCUT2D eigenvalue weighted by Crippen LogP contribution is 2.25. The van der Waals surface area contributed by atoms with Gasteiger partial charge in [0.05, 0.1) is 18.2 Å². The summed E-state index contributed by atoms with van der Waals surface area (Å²) < 4.78 is 6.82. The first kappa shape index (κ1) is 16.0. The van der Waals surface area contributed by atoms with Gasteiger partial charge in [0.1, 0.15) is 0 Å². The fourth-order valence-electron chi connectivity index (χ4n) is 3.03. The number of nitrogens with zero attached hydrogens (tertiary/aromatic N) is 1. The van der Waals surface area contributed by atoms with Crippen LogP contribution in [0.3, 0.4) is 0 Å².